The smallest absolute Gasteiger partial charge is 0.276 e. The molecule has 0 bridgehead atoms. The topological polar surface area (TPSA) is 69.8 Å². The van der Waals surface area contributed by atoms with Gasteiger partial charge in [0.2, 0.25) is 0 Å². The summed E-state index contributed by atoms with van der Waals surface area (Å²) >= 11 is 0. The Kier molecular flexibility index (Phi) is 4.45. The van der Waals surface area contributed by atoms with Crippen LogP contribution in [-0.4, -0.2) is 65.3 Å². The molecule has 1 saturated heterocycles. The van der Waals surface area contributed by atoms with Crippen LogP contribution in [0.5, 0.6) is 0 Å². The van der Waals surface area contributed by atoms with Crippen LogP contribution in [0.15, 0.2) is 10.6 Å². The molecule has 0 saturated carbocycles. The quantitative estimate of drug-likeness (QED) is 0.863. The molecule has 1 amide bonds. The van der Waals surface area contributed by atoms with Crippen molar-refractivity contribution < 1.29 is 14.4 Å². The van der Waals surface area contributed by atoms with Crippen LogP contribution in [0.3, 0.4) is 0 Å². The van der Waals surface area contributed by atoms with Gasteiger partial charge in [-0.1, -0.05) is 12.1 Å². The zero-order chi connectivity index (χ0) is 14.8. The van der Waals surface area contributed by atoms with Crippen molar-refractivity contribution in [3.8, 4) is 0 Å². The Labute approximate surface area is 119 Å². The molecule has 6 heteroatoms. The van der Waals surface area contributed by atoms with Crippen LogP contribution in [0.4, 0.5) is 0 Å². The van der Waals surface area contributed by atoms with Crippen LogP contribution in [0.2, 0.25) is 0 Å². The van der Waals surface area contributed by atoms with E-state index in [0.29, 0.717) is 31.7 Å². The molecule has 2 heterocycles. The normalized spacial score (nSPS) is 22.8. The zero-order valence-electron chi connectivity index (χ0n) is 12.4. The lowest BCUT2D eigenvalue weighted by molar-refractivity contribution is 0.0234. The van der Waals surface area contributed by atoms with Gasteiger partial charge in [0.1, 0.15) is 5.76 Å². The van der Waals surface area contributed by atoms with Crippen molar-refractivity contribution in [3.63, 3.8) is 0 Å². The summed E-state index contributed by atoms with van der Waals surface area (Å²) in [6.07, 6.45) is 2.33. The van der Waals surface area contributed by atoms with E-state index in [-0.39, 0.29) is 5.91 Å². The van der Waals surface area contributed by atoms with Gasteiger partial charge < -0.3 is 19.4 Å². The summed E-state index contributed by atoms with van der Waals surface area (Å²) in [6.45, 7) is 3.50. The Balaban J connectivity index is 2.00. The molecule has 1 aliphatic heterocycles. The van der Waals surface area contributed by atoms with E-state index in [1.54, 1.807) is 11.0 Å². The summed E-state index contributed by atoms with van der Waals surface area (Å²) in [7, 11) is 3.83. The minimum Gasteiger partial charge on any atom is -0.387 e. The maximum atomic E-state index is 12.3. The molecule has 2 rings (SSSR count). The highest BCUT2D eigenvalue weighted by Crippen LogP contribution is 2.23. The molecule has 1 aromatic rings. The highest BCUT2D eigenvalue weighted by molar-refractivity contribution is 5.92. The van der Waals surface area contributed by atoms with Crippen LogP contribution in [-0.2, 0) is 6.42 Å². The van der Waals surface area contributed by atoms with Gasteiger partial charge in [-0.15, -0.1) is 0 Å². The van der Waals surface area contributed by atoms with Gasteiger partial charge in [-0.3, -0.25) is 4.79 Å². The van der Waals surface area contributed by atoms with Gasteiger partial charge >= 0.3 is 0 Å². The number of amides is 1. The van der Waals surface area contributed by atoms with E-state index in [9.17, 15) is 9.90 Å². The van der Waals surface area contributed by atoms with Crippen molar-refractivity contribution in [3.05, 3.63) is 17.5 Å². The van der Waals surface area contributed by atoms with Gasteiger partial charge in [-0.05, 0) is 26.9 Å². The molecule has 1 N–H and O–H groups in total. The number of carbonyl (C=O) groups excluding carboxylic acids is 1. The van der Waals surface area contributed by atoms with E-state index in [1.165, 1.54) is 0 Å². The third-order valence-electron chi connectivity index (χ3n) is 3.50. The highest BCUT2D eigenvalue weighted by Gasteiger charge is 2.39. The number of likely N-dealkylation sites (tertiary alicyclic amines) is 1. The number of β-amino-alcohol motifs (C(OH)–C–C–N with tert-alkyl or cyclic N) is 1. The summed E-state index contributed by atoms with van der Waals surface area (Å²) in [5.41, 5.74) is -0.489. The van der Waals surface area contributed by atoms with E-state index in [0.717, 1.165) is 18.6 Å². The number of carbonyl (C=O) groups is 1. The van der Waals surface area contributed by atoms with Crippen molar-refractivity contribution in [2.24, 2.45) is 0 Å². The molecule has 20 heavy (non-hydrogen) atoms. The summed E-state index contributed by atoms with van der Waals surface area (Å²) in [4.78, 5) is 15.9. The fraction of sp³-hybridized carbons (Fsp3) is 0.714. The average Bonchev–Trinajstić information content (AvgIpc) is 2.95. The van der Waals surface area contributed by atoms with Crippen LogP contribution in [0.25, 0.3) is 0 Å². The van der Waals surface area contributed by atoms with Gasteiger partial charge in [-0.25, -0.2) is 0 Å². The predicted octanol–water partition coefficient (Wildman–Crippen LogP) is 0.766. The molecule has 0 aromatic carbocycles. The van der Waals surface area contributed by atoms with Crippen molar-refractivity contribution in [1.29, 1.82) is 0 Å². The van der Waals surface area contributed by atoms with Crippen molar-refractivity contribution in [2.45, 2.75) is 31.8 Å². The fourth-order valence-electron chi connectivity index (χ4n) is 2.69. The Morgan fingerprint density at radius 2 is 2.35 bits per heavy atom. The first-order chi connectivity index (χ1) is 9.43. The number of aromatic nitrogens is 1. The summed E-state index contributed by atoms with van der Waals surface area (Å²) in [5.74, 6) is 0.574. The molecule has 1 atom stereocenters. The van der Waals surface area contributed by atoms with E-state index < -0.39 is 5.60 Å². The van der Waals surface area contributed by atoms with Gasteiger partial charge in [0, 0.05) is 25.6 Å². The van der Waals surface area contributed by atoms with Crippen LogP contribution in [0.1, 0.15) is 36.0 Å². The Morgan fingerprint density at radius 3 is 3.00 bits per heavy atom. The lowest BCUT2D eigenvalue weighted by Gasteiger charge is -2.26. The first-order valence-electron chi connectivity index (χ1n) is 7.05. The van der Waals surface area contributed by atoms with Crippen LogP contribution >= 0.6 is 0 Å². The standard InChI is InChI=1S/C14H23N3O3/c1-4-5-11-8-12(15-20-11)13(18)17-7-6-14(19,10-17)9-16(2)3/h8,19H,4-7,9-10H2,1-3H3. The number of hydrogen-bond acceptors (Lipinski definition) is 5. The molecule has 0 aliphatic carbocycles. The molecule has 1 aliphatic rings. The Morgan fingerprint density at radius 1 is 1.60 bits per heavy atom. The van der Waals surface area contributed by atoms with Gasteiger partial charge in [-0.2, -0.15) is 0 Å². The number of likely N-dealkylation sites (N-methyl/N-ethyl adjacent to an activating group) is 1. The van der Waals surface area contributed by atoms with Gasteiger partial charge in [0.25, 0.3) is 5.91 Å². The number of aryl methyl sites for hydroxylation is 1. The molecule has 112 valence electrons. The minimum atomic E-state index is -0.824. The Bertz CT molecular complexity index is 472. The predicted molar refractivity (Wildman–Crippen MR) is 74.5 cm³/mol. The molecule has 1 unspecified atom stereocenters. The minimum absolute atomic E-state index is 0.161. The molecular weight excluding hydrogens is 258 g/mol. The van der Waals surface area contributed by atoms with Crippen LogP contribution in [0, 0.1) is 0 Å². The summed E-state index contributed by atoms with van der Waals surface area (Å²) in [6, 6.07) is 1.70. The van der Waals surface area contributed by atoms with Crippen molar-refractivity contribution >= 4 is 5.91 Å². The maximum absolute atomic E-state index is 12.3. The van der Waals surface area contributed by atoms with E-state index in [4.69, 9.17) is 4.52 Å². The number of rotatable bonds is 5. The van der Waals surface area contributed by atoms with E-state index in [1.807, 2.05) is 25.9 Å². The number of aliphatic hydroxyl groups is 1. The maximum Gasteiger partial charge on any atom is 0.276 e. The highest BCUT2D eigenvalue weighted by atomic mass is 16.5. The molecule has 1 fully saturated rings. The molecular formula is C14H23N3O3. The lowest BCUT2D eigenvalue weighted by atomic mass is 10.0. The fourth-order valence-corrected chi connectivity index (χ4v) is 2.69. The third kappa shape index (κ3) is 3.37. The summed E-state index contributed by atoms with van der Waals surface area (Å²) < 4.78 is 5.13. The largest absolute Gasteiger partial charge is 0.387 e. The van der Waals surface area contributed by atoms with E-state index >= 15 is 0 Å². The average molecular weight is 281 g/mol. The van der Waals surface area contributed by atoms with Gasteiger partial charge in [0.15, 0.2) is 5.69 Å². The molecule has 0 spiro atoms. The third-order valence-corrected chi connectivity index (χ3v) is 3.50. The second kappa shape index (κ2) is 5.93. The lowest BCUT2D eigenvalue weighted by Crippen LogP contribution is -2.43. The first kappa shape index (κ1) is 15.0. The molecule has 0 radical (unpaired) electrons. The number of nitrogens with zero attached hydrogens (tertiary/aromatic N) is 3. The zero-order valence-corrected chi connectivity index (χ0v) is 12.4. The first-order valence-corrected chi connectivity index (χ1v) is 7.05. The molecule has 1 aromatic heterocycles. The second-order valence-corrected chi connectivity index (χ2v) is 5.87. The van der Waals surface area contributed by atoms with Crippen LogP contribution < -0.4 is 0 Å². The van der Waals surface area contributed by atoms with Gasteiger partial charge in [0.05, 0.1) is 12.1 Å². The second-order valence-electron chi connectivity index (χ2n) is 5.87. The SMILES string of the molecule is CCCc1cc(C(=O)N2CCC(O)(CN(C)C)C2)no1. The van der Waals surface area contributed by atoms with Crippen molar-refractivity contribution in [1.82, 2.24) is 15.0 Å². The number of hydrogen-bond donors (Lipinski definition) is 1. The van der Waals surface area contributed by atoms with Crippen molar-refractivity contribution in [2.75, 3.05) is 33.7 Å². The van der Waals surface area contributed by atoms with E-state index in [2.05, 4.69) is 5.16 Å². The molecule has 6 nitrogen and oxygen atoms in total. The Hall–Kier alpha value is -1.40. The summed E-state index contributed by atoms with van der Waals surface area (Å²) in [5, 5.41) is 14.3. The monoisotopic (exact) mass is 281 g/mol.